The predicted octanol–water partition coefficient (Wildman–Crippen LogP) is 4.85. The Morgan fingerprint density at radius 1 is 1.18 bits per heavy atom. The lowest BCUT2D eigenvalue weighted by Gasteiger charge is -2.32. The number of nitrogens with zero attached hydrogens (tertiary/aromatic N) is 2. The fourth-order valence-corrected chi connectivity index (χ4v) is 4.97. The van der Waals surface area contributed by atoms with Crippen molar-refractivity contribution in [2.24, 2.45) is 5.92 Å². The number of aromatic nitrogens is 2. The second-order valence-corrected chi connectivity index (χ2v) is 9.12. The number of amides is 2. The molecule has 8 heteroatoms. The first-order valence-corrected chi connectivity index (χ1v) is 11.8. The zero-order valence-electron chi connectivity index (χ0n) is 17.9. The maximum absolute atomic E-state index is 13.1. The second-order valence-electron chi connectivity index (χ2n) is 8.26. The lowest BCUT2D eigenvalue weighted by Crippen LogP contribution is -2.44. The summed E-state index contributed by atoms with van der Waals surface area (Å²) in [6.45, 7) is 1.01. The lowest BCUT2D eigenvalue weighted by atomic mass is 9.96. The number of nitrogens with one attached hydrogen (secondary N) is 2. The minimum Gasteiger partial charge on any atom is -0.360 e. The number of piperidine rings is 1. The molecule has 5 rings (SSSR count). The zero-order valence-corrected chi connectivity index (χ0v) is 18.7. The Hall–Kier alpha value is -3.52. The Morgan fingerprint density at radius 2 is 2.00 bits per heavy atom. The minimum atomic E-state index is -0.323. The third kappa shape index (κ3) is 4.66. The summed E-state index contributed by atoms with van der Waals surface area (Å²) in [6, 6.07) is 14.0. The van der Waals surface area contributed by atoms with E-state index in [-0.39, 0.29) is 30.0 Å². The van der Waals surface area contributed by atoms with E-state index < -0.39 is 0 Å². The highest BCUT2D eigenvalue weighted by atomic mass is 32.1. The Morgan fingerprint density at radius 3 is 2.85 bits per heavy atom. The highest BCUT2D eigenvalue weighted by Gasteiger charge is 2.29. The van der Waals surface area contributed by atoms with Gasteiger partial charge in [0, 0.05) is 41.1 Å². The van der Waals surface area contributed by atoms with Gasteiger partial charge in [0.05, 0.1) is 18.0 Å². The van der Waals surface area contributed by atoms with Crippen LogP contribution < -0.4 is 5.32 Å². The first kappa shape index (κ1) is 21.3. The van der Waals surface area contributed by atoms with E-state index in [1.54, 1.807) is 17.0 Å². The third-order valence-electron chi connectivity index (χ3n) is 6.01. The molecule has 1 aliphatic heterocycles. The number of carbonyl (C=O) groups is 2. The van der Waals surface area contributed by atoms with Gasteiger partial charge in [0.2, 0.25) is 11.8 Å². The Balaban J connectivity index is 1.22. The van der Waals surface area contributed by atoms with Gasteiger partial charge in [-0.1, -0.05) is 30.3 Å². The standard InChI is InChI=1S/C25H23FN4O2S/c26-18-9-7-16(8-10-18)12-23(31)30-11-3-4-17(14-30)24(32)29-25-28-22(15-33-25)20-13-27-21-6-2-1-5-19(20)21/h1-2,5-10,13,15,17,27H,3-4,11-12,14H2,(H,28,29,32). The summed E-state index contributed by atoms with van der Waals surface area (Å²) in [5, 5.41) is 6.51. The van der Waals surface area contributed by atoms with Crippen molar-refractivity contribution in [3.8, 4) is 11.3 Å². The Kier molecular flexibility index (Phi) is 5.92. The summed E-state index contributed by atoms with van der Waals surface area (Å²) in [7, 11) is 0. The zero-order chi connectivity index (χ0) is 22.8. The van der Waals surface area contributed by atoms with Crippen LogP contribution in [0.3, 0.4) is 0 Å². The highest BCUT2D eigenvalue weighted by molar-refractivity contribution is 7.14. The van der Waals surface area contributed by atoms with Crippen molar-refractivity contribution < 1.29 is 14.0 Å². The van der Waals surface area contributed by atoms with Crippen molar-refractivity contribution in [2.75, 3.05) is 18.4 Å². The molecule has 1 atom stereocenters. The van der Waals surface area contributed by atoms with Gasteiger partial charge in [0.1, 0.15) is 5.82 Å². The molecule has 1 saturated heterocycles. The molecule has 0 bridgehead atoms. The minimum absolute atomic E-state index is 0.0463. The van der Waals surface area contributed by atoms with E-state index in [4.69, 9.17) is 0 Å². The van der Waals surface area contributed by atoms with Gasteiger partial charge in [-0.25, -0.2) is 9.37 Å². The number of para-hydroxylation sites is 1. The number of aromatic amines is 1. The van der Waals surface area contributed by atoms with Crippen molar-refractivity contribution in [3.05, 3.63) is 71.5 Å². The monoisotopic (exact) mass is 462 g/mol. The van der Waals surface area contributed by atoms with Crippen molar-refractivity contribution >= 4 is 39.2 Å². The molecule has 2 aromatic heterocycles. The number of anilines is 1. The van der Waals surface area contributed by atoms with Crippen LogP contribution in [0.5, 0.6) is 0 Å². The summed E-state index contributed by atoms with van der Waals surface area (Å²) >= 11 is 1.39. The maximum Gasteiger partial charge on any atom is 0.231 e. The van der Waals surface area contributed by atoms with Crippen LogP contribution in [0.2, 0.25) is 0 Å². The number of thiazole rings is 1. The van der Waals surface area contributed by atoms with Gasteiger partial charge in [0.15, 0.2) is 5.13 Å². The number of benzene rings is 2. The number of carbonyl (C=O) groups excluding carboxylic acids is 2. The average molecular weight is 463 g/mol. The molecule has 1 unspecified atom stereocenters. The number of H-pyrrole nitrogens is 1. The average Bonchev–Trinajstić information content (AvgIpc) is 3.47. The van der Waals surface area contributed by atoms with Crippen molar-refractivity contribution in [3.63, 3.8) is 0 Å². The fraction of sp³-hybridized carbons (Fsp3) is 0.240. The molecule has 2 aromatic carbocycles. The summed E-state index contributed by atoms with van der Waals surface area (Å²) in [5.74, 6) is -0.767. The van der Waals surface area contributed by atoms with Crippen LogP contribution in [0.25, 0.3) is 22.2 Å². The quantitative estimate of drug-likeness (QED) is 0.445. The molecule has 2 amide bonds. The van der Waals surface area contributed by atoms with Gasteiger partial charge < -0.3 is 15.2 Å². The summed E-state index contributed by atoms with van der Waals surface area (Å²) < 4.78 is 13.1. The lowest BCUT2D eigenvalue weighted by molar-refractivity contribution is -0.133. The van der Waals surface area contributed by atoms with E-state index in [0.29, 0.717) is 18.2 Å². The van der Waals surface area contributed by atoms with E-state index in [0.717, 1.165) is 40.6 Å². The van der Waals surface area contributed by atoms with Crippen molar-refractivity contribution in [1.82, 2.24) is 14.9 Å². The van der Waals surface area contributed by atoms with Crippen LogP contribution >= 0.6 is 11.3 Å². The predicted molar refractivity (Wildman–Crippen MR) is 127 cm³/mol. The molecular weight excluding hydrogens is 439 g/mol. The smallest absolute Gasteiger partial charge is 0.231 e. The molecule has 0 saturated carbocycles. The van der Waals surface area contributed by atoms with Crippen molar-refractivity contribution in [1.29, 1.82) is 0 Å². The third-order valence-corrected chi connectivity index (χ3v) is 6.77. The van der Waals surface area contributed by atoms with Crippen LogP contribution in [0.1, 0.15) is 18.4 Å². The molecular formula is C25H23FN4O2S. The molecule has 0 radical (unpaired) electrons. The van der Waals surface area contributed by atoms with Gasteiger partial charge in [-0.2, -0.15) is 0 Å². The van der Waals surface area contributed by atoms with Crippen LogP contribution in [0.4, 0.5) is 9.52 Å². The molecule has 2 N–H and O–H groups in total. The van der Waals surface area contributed by atoms with Gasteiger partial charge in [-0.3, -0.25) is 9.59 Å². The molecule has 1 aliphatic rings. The Labute approximate surface area is 194 Å². The number of rotatable bonds is 5. The second kappa shape index (κ2) is 9.15. The first-order chi connectivity index (χ1) is 16.1. The molecule has 0 spiro atoms. The van der Waals surface area contributed by atoms with Crippen molar-refractivity contribution in [2.45, 2.75) is 19.3 Å². The molecule has 0 aliphatic carbocycles. The molecule has 4 aromatic rings. The fourth-order valence-electron chi connectivity index (χ4n) is 4.25. The Bertz CT molecular complexity index is 1300. The number of hydrogen-bond donors (Lipinski definition) is 2. The molecule has 33 heavy (non-hydrogen) atoms. The molecule has 168 valence electrons. The normalized spacial score (nSPS) is 16.2. The number of hydrogen-bond acceptors (Lipinski definition) is 4. The van der Waals surface area contributed by atoms with E-state index in [9.17, 15) is 14.0 Å². The topological polar surface area (TPSA) is 78.1 Å². The van der Waals surface area contributed by atoms with E-state index in [2.05, 4.69) is 15.3 Å². The van der Waals surface area contributed by atoms with E-state index in [1.165, 1.54) is 23.5 Å². The molecule has 6 nitrogen and oxygen atoms in total. The van der Waals surface area contributed by atoms with Gasteiger partial charge in [0.25, 0.3) is 0 Å². The van der Waals surface area contributed by atoms with Crippen LogP contribution in [-0.4, -0.2) is 39.8 Å². The summed E-state index contributed by atoms with van der Waals surface area (Å²) in [6.07, 6.45) is 3.63. The number of fused-ring (bicyclic) bond motifs is 1. The highest BCUT2D eigenvalue weighted by Crippen LogP contribution is 2.31. The first-order valence-electron chi connectivity index (χ1n) is 10.9. The number of halogens is 1. The molecule has 3 heterocycles. The van der Waals surface area contributed by atoms with Crippen LogP contribution in [-0.2, 0) is 16.0 Å². The van der Waals surface area contributed by atoms with E-state index >= 15 is 0 Å². The van der Waals surface area contributed by atoms with Gasteiger partial charge in [-0.15, -0.1) is 11.3 Å². The largest absolute Gasteiger partial charge is 0.360 e. The SMILES string of the molecule is O=C(Nc1nc(-c2c[nH]c3ccccc23)cs1)C1CCCN(C(=O)Cc2ccc(F)cc2)C1. The van der Waals surface area contributed by atoms with Crippen LogP contribution in [0.15, 0.2) is 60.1 Å². The number of likely N-dealkylation sites (tertiary alicyclic amines) is 1. The van der Waals surface area contributed by atoms with E-state index in [1.807, 2.05) is 35.8 Å². The van der Waals surface area contributed by atoms with Gasteiger partial charge >= 0.3 is 0 Å². The van der Waals surface area contributed by atoms with Gasteiger partial charge in [-0.05, 0) is 36.6 Å². The molecule has 1 fully saturated rings. The summed E-state index contributed by atoms with van der Waals surface area (Å²) in [5.41, 5.74) is 3.62. The summed E-state index contributed by atoms with van der Waals surface area (Å²) in [4.78, 5) is 35.2. The maximum atomic E-state index is 13.1. The van der Waals surface area contributed by atoms with Crippen LogP contribution in [0, 0.1) is 11.7 Å².